The van der Waals surface area contributed by atoms with Gasteiger partial charge in [0.1, 0.15) is 0 Å². The van der Waals surface area contributed by atoms with Crippen LogP contribution in [-0.2, 0) is 14.3 Å². The Labute approximate surface area is 120 Å². The molecule has 112 valence electrons. The number of hydrogen-bond donors (Lipinski definition) is 1. The Morgan fingerprint density at radius 3 is 2.00 bits per heavy atom. The van der Waals surface area contributed by atoms with Gasteiger partial charge >= 0.3 is 5.97 Å². The maximum atomic E-state index is 12.4. The number of hydrogen-bond acceptors (Lipinski definition) is 5. The van der Waals surface area contributed by atoms with Crippen molar-refractivity contribution in [2.24, 2.45) is 11.8 Å². The Kier molecular flexibility index (Phi) is 6.55. The summed E-state index contributed by atoms with van der Waals surface area (Å²) in [7, 11) is 1.21. The van der Waals surface area contributed by atoms with E-state index in [0.29, 0.717) is 6.42 Å². The molecule has 0 aromatic carbocycles. The molecule has 4 nitrogen and oxygen atoms in total. The van der Waals surface area contributed by atoms with Gasteiger partial charge in [-0.25, -0.2) is 4.79 Å². The quantitative estimate of drug-likeness (QED) is 0.789. The number of esters is 1. The van der Waals surface area contributed by atoms with Crippen molar-refractivity contribution in [3.8, 4) is 0 Å². The zero-order valence-corrected chi connectivity index (χ0v) is 13.8. The van der Waals surface area contributed by atoms with Crippen LogP contribution in [0, 0.1) is 11.8 Å². The van der Waals surface area contributed by atoms with Crippen LogP contribution in [0.5, 0.6) is 0 Å². The first kappa shape index (κ1) is 18.4. The van der Waals surface area contributed by atoms with E-state index in [4.69, 9.17) is 0 Å². The van der Waals surface area contributed by atoms with Crippen molar-refractivity contribution in [1.29, 1.82) is 0 Å². The average Bonchev–Trinajstić information content (AvgIpc) is 2.21. The molecule has 0 unspecified atom stereocenters. The summed E-state index contributed by atoms with van der Waals surface area (Å²) in [6.45, 7) is 11.0. The van der Waals surface area contributed by atoms with Crippen molar-refractivity contribution in [3.63, 3.8) is 0 Å². The van der Waals surface area contributed by atoms with Crippen LogP contribution in [0.25, 0.3) is 0 Å². The van der Waals surface area contributed by atoms with E-state index in [2.05, 4.69) is 4.74 Å². The number of carbonyl (C=O) groups excluding carboxylic acids is 2. The number of methoxy groups -OCH3 is 1. The molecule has 0 heterocycles. The third-order valence-electron chi connectivity index (χ3n) is 2.68. The minimum absolute atomic E-state index is 0.170. The van der Waals surface area contributed by atoms with E-state index in [1.54, 1.807) is 0 Å². The SMILES string of the molecule is COC(=O)[C@@](C)(O)[C@@H](CC(C)C)C(=O)SC(C)(C)C. The molecule has 19 heavy (non-hydrogen) atoms. The standard InChI is InChI=1S/C14H26O4S/c1-9(2)8-10(11(15)19-13(3,4)5)14(6,17)12(16)18-7/h9-10,17H,8H2,1-7H3/t10-,14-/m0/s1. The average molecular weight is 290 g/mol. The van der Waals surface area contributed by atoms with Crippen LogP contribution in [0.3, 0.4) is 0 Å². The van der Waals surface area contributed by atoms with Crippen LogP contribution in [0.2, 0.25) is 0 Å². The van der Waals surface area contributed by atoms with E-state index >= 15 is 0 Å². The Morgan fingerprint density at radius 1 is 1.21 bits per heavy atom. The first-order chi connectivity index (χ1) is 8.41. The van der Waals surface area contributed by atoms with E-state index in [1.165, 1.54) is 14.0 Å². The van der Waals surface area contributed by atoms with Gasteiger partial charge in [0.15, 0.2) is 10.7 Å². The molecular formula is C14H26O4S. The summed E-state index contributed by atoms with van der Waals surface area (Å²) >= 11 is 1.15. The lowest BCUT2D eigenvalue weighted by Gasteiger charge is -2.31. The predicted molar refractivity (Wildman–Crippen MR) is 77.9 cm³/mol. The van der Waals surface area contributed by atoms with Crippen molar-refractivity contribution >= 4 is 22.8 Å². The Balaban J connectivity index is 5.21. The zero-order valence-electron chi connectivity index (χ0n) is 12.9. The topological polar surface area (TPSA) is 63.6 Å². The van der Waals surface area contributed by atoms with Crippen LogP contribution >= 0.6 is 11.8 Å². The van der Waals surface area contributed by atoms with Gasteiger partial charge in [-0.05, 0) is 19.3 Å². The van der Waals surface area contributed by atoms with Crippen molar-refractivity contribution in [2.75, 3.05) is 7.11 Å². The molecular weight excluding hydrogens is 264 g/mol. The fourth-order valence-electron chi connectivity index (χ4n) is 1.75. The summed E-state index contributed by atoms with van der Waals surface area (Å²) in [6.07, 6.45) is 0.448. The Bertz CT molecular complexity index is 329. The van der Waals surface area contributed by atoms with Gasteiger partial charge in [0.05, 0.1) is 13.0 Å². The summed E-state index contributed by atoms with van der Waals surface area (Å²) in [5.41, 5.74) is -1.78. The highest BCUT2D eigenvalue weighted by molar-refractivity contribution is 8.14. The van der Waals surface area contributed by atoms with Gasteiger partial charge < -0.3 is 9.84 Å². The number of aliphatic hydroxyl groups is 1. The molecule has 0 bridgehead atoms. The fraction of sp³-hybridized carbons (Fsp3) is 0.857. The van der Waals surface area contributed by atoms with E-state index in [0.717, 1.165) is 11.8 Å². The Morgan fingerprint density at radius 2 is 1.68 bits per heavy atom. The minimum atomic E-state index is -1.78. The summed E-state index contributed by atoms with van der Waals surface area (Å²) in [5, 5.41) is 10.2. The number of thioether (sulfide) groups is 1. The highest BCUT2D eigenvalue weighted by Gasteiger charge is 2.45. The second kappa shape index (κ2) is 6.75. The van der Waals surface area contributed by atoms with E-state index in [-0.39, 0.29) is 15.8 Å². The molecule has 0 aliphatic carbocycles. The summed E-state index contributed by atoms with van der Waals surface area (Å²) in [5.74, 6) is -1.32. The van der Waals surface area contributed by atoms with Gasteiger partial charge in [-0.3, -0.25) is 4.79 Å². The van der Waals surface area contributed by atoms with Gasteiger partial charge in [0.25, 0.3) is 0 Å². The lowest BCUT2D eigenvalue weighted by Crippen LogP contribution is -2.47. The highest BCUT2D eigenvalue weighted by atomic mass is 32.2. The lowest BCUT2D eigenvalue weighted by atomic mass is 9.83. The maximum Gasteiger partial charge on any atom is 0.338 e. The molecule has 0 spiro atoms. The van der Waals surface area contributed by atoms with Crippen LogP contribution in [0.4, 0.5) is 0 Å². The van der Waals surface area contributed by atoms with E-state index in [9.17, 15) is 14.7 Å². The van der Waals surface area contributed by atoms with Crippen LogP contribution in [0.15, 0.2) is 0 Å². The normalized spacial score (nSPS) is 16.9. The molecule has 0 radical (unpaired) electrons. The molecule has 2 atom stereocenters. The van der Waals surface area contributed by atoms with Crippen LogP contribution in [0.1, 0.15) is 48.0 Å². The molecule has 0 aliphatic rings. The lowest BCUT2D eigenvalue weighted by molar-refractivity contribution is -0.168. The second-order valence-corrected chi connectivity index (χ2v) is 8.19. The Hall–Kier alpha value is -0.550. The van der Waals surface area contributed by atoms with Crippen molar-refractivity contribution in [2.45, 2.75) is 58.3 Å². The van der Waals surface area contributed by atoms with Crippen molar-refractivity contribution in [3.05, 3.63) is 0 Å². The third-order valence-corrected chi connectivity index (χ3v) is 3.77. The van der Waals surface area contributed by atoms with E-state index < -0.39 is 17.5 Å². The number of carbonyl (C=O) groups is 2. The first-order valence-electron chi connectivity index (χ1n) is 6.45. The van der Waals surface area contributed by atoms with Crippen LogP contribution in [-0.4, -0.2) is 33.6 Å². The smallest absolute Gasteiger partial charge is 0.338 e. The largest absolute Gasteiger partial charge is 0.467 e. The predicted octanol–water partition coefficient (Wildman–Crippen LogP) is 2.63. The molecule has 0 amide bonds. The summed E-state index contributed by atoms with van der Waals surface area (Å²) in [6, 6.07) is 0. The molecule has 1 N–H and O–H groups in total. The number of ether oxygens (including phenoxy) is 1. The van der Waals surface area contributed by atoms with Crippen LogP contribution < -0.4 is 0 Å². The molecule has 0 fully saturated rings. The van der Waals surface area contributed by atoms with Gasteiger partial charge in [0.2, 0.25) is 0 Å². The summed E-state index contributed by atoms with van der Waals surface area (Å²) in [4.78, 5) is 24.0. The second-order valence-electron chi connectivity index (χ2n) is 6.35. The van der Waals surface area contributed by atoms with E-state index in [1.807, 2.05) is 34.6 Å². The molecule has 0 aliphatic heterocycles. The number of rotatable bonds is 5. The maximum absolute atomic E-state index is 12.4. The van der Waals surface area contributed by atoms with Gasteiger partial charge in [-0.2, -0.15) is 0 Å². The van der Waals surface area contributed by atoms with Crippen molar-refractivity contribution < 1.29 is 19.4 Å². The minimum Gasteiger partial charge on any atom is -0.467 e. The van der Waals surface area contributed by atoms with Gasteiger partial charge in [-0.1, -0.05) is 46.4 Å². The highest BCUT2D eigenvalue weighted by Crippen LogP contribution is 2.35. The summed E-state index contributed by atoms with van der Waals surface area (Å²) < 4.78 is 4.36. The van der Waals surface area contributed by atoms with Crippen molar-refractivity contribution in [1.82, 2.24) is 0 Å². The fourth-order valence-corrected chi connectivity index (χ4v) is 2.82. The molecule has 5 heteroatoms. The van der Waals surface area contributed by atoms with Gasteiger partial charge in [0, 0.05) is 4.75 Å². The monoisotopic (exact) mass is 290 g/mol. The first-order valence-corrected chi connectivity index (χ1v) is 7.27. The molecule has 0 saturated carbocycles. The molecule has 0 aromatic heterocycles. The van der Waals surface area contributed by atoms with Gasteiger partial charge in [-0.15, -0.1) is 0 Å². The molecule has 0 saturated heterocycles. The molecule has 0 rings (SSSR count). The molecule has 0 aromatic rings. The third kappa shape index (κ3) is 5.95. The zero-order chi connectivity index (χ0) is 15.4.